The lowest BCUT2D eigenvalue weighted by atomic mass is 9.48. The van der Waals surface area contributed by atoms with Crippen molar-refractivity contribution in [2.45, 2.75) is 77.2 Å². The minimum Gasteiger partial charge on any atom is -0.314 e. The van der Waals surface area contributed by atoms with E-state index in [1.54, 1.807) is 38.5 Å². The Balaban J connectivity index is 1.38. The van der Waals surface area contributed by atoms with E-state index in [2.05, 4.69) is 18.5 Å². The maximum atomic E-state index is 3.93. The first kappa shape index (κ1) is 16.2. The molecule has 2 heteroatoms. The molecule has 0 aromatic carbocycles. The summed E-state index contributed by atoms with van der Waals surface area (Å²) in [5.74, 6) is 4.61. The van der Waals surface area contributed by atoms with Crippen LogP contribution in [0.2, 0.25) is 0 Å². The Labute approximate surface area is 136 Å². The smallest absolute Gasteiger partial charge is 0.00954 e. The van der Waals surface area contributed by atoms with Gasteiger partial charge in [0.05, 0.1) is 0 Å². The quantitative estimate of drug-likeness (QED) is 0.594. The standard InChI is InChI=1S/C19H35NS/c1-15(20-7-5-3-4-6-8-21-2)19-12-16-9-17(13-19)11-18(10-16)14-19/h15-18,20H,3-14H2,1-2H3. The molecule has 0 aromatic heterocycles. The van der Waals surface area contributed by atoms with Crippen molar-refractivity contribution in [2.24, 2.45) is 23.2 Å². The molecule has 4 fully saturated rings. The number of hydrogen-bond acceptors (Lipinski definition) is 2. The van der Waals surface area contributed by atoms with Crippen LogP contribution in [0.3, 0.4) is 0 Å². The van der Waals surface area contributed by atoms with Crippen LogP contribution in [0.5, 0.6) is 0 Å². The zero-order chi connectivity index (χ0) is 14.7. The van der Waals surface area contributed by atoms with Gasteiger partial charge in [-0.2, -0.15) is 11.8 Å². The molecule has 21 heavy (non-hydrogen) atoms. The van der Waals surface area contributed by atoms with Crippen LogP contribution in [0.25, 0.3) is 0 Å². The summed E-state index contributed by atoms with van der Waals surface area (Å²) < 4.78 is 0. The molecule has 1 atom stereocenters. The summed E-state index contributed by atoms with van der Waals surface area (Å²) >= 11 is 1.99. The predicted molar refractivity (Wildman–Crippen MR) is 94.9 cm³/mol. The van der Waals surface area contributed by atoms with Gasteiger partial charge in [0, 0.05) is 6.04 Å². The van der Waals surface area contributed by atoms with Gasteiger partial charge in [-0.25, -0.2) is 0 Å². The van der Waals surface area contributed by atoms with Crippen LogP contribution in [0, 0.1) is 23.2 Å². The van der Waals surface area contributed by atoms with Gasteiger partial charge in [-0.05, 0) is 100 Å². The first-order valence-electron chi connectivity index (χ1n) is 9.44. The fraction of sp³-hybridized carbons (Fsp3) is 1.00. The van der Waals surface area contributed by atoms with Gasteiger partial charge < -0.3 is 5.32 Å². The minimum absolute atomic E-state index is 0.688. The van der Waals surface area contributed by atoms with Crippen molar-refractivity contribution in [1.29, 1.82) is 0 Å². The number of thioether (sulfide) groups is 1. The van der Waals surface area contributed by atoms with E-state index in [4.69, 9.17) is 0 Å². The van der Waals surface area contributed by atoms with Gasteiger partial charge in [0.2, 0.25) is 0 Å². The largest absolute Gasteiger partial charge is 0.314 e. The van der Waals surface area contributed by atoms with Crippen LogP contribution in [-0.2, 0) is 0 Å². The van der Waals surface area contributed by atoms with Crippen LogP contribution < -0.4 is 5.32 Å². The average Bonchev–Trinajstić information content (AvgIpc) is 2.44. The van der Waals surface area contributed by atoms with E-state index in [-0.39, 0.29) is 0 Å². The van der Waals surface area contributed by atoms with Gasteiger partial charge >= 0.3 is 0 Å². The van der Waals surface area contributed by atoms with Gasteiger partial charge in [-0.1, -0.05) is 12.8 Å². The topological polar surface area (TPSA) is 12.0 Å². The third kappa shape index (κ3) is 3.80. The van der Waals surface area contributed by atoms with Crippen LogP contribution >= 0.6 is 11.8 Å². The summed E-state index contributed by atoms with van der Waals surface area (Å²) in [7, 11) is 0. The van der Waals surface area contributed by atoms with Crippen LogP contribution in [0.1, 0.15) is 71.1 Å². The molecule has 4 saturated carbocycles. The molecule has 0 aliphatic heterocycles. The molecule has 4 bridgehead atoms. The van der Waals surface area contributed by atoms with Crippen molar-refractivity contribution in [2.75, 3.05) is 18.6 Å². The molecule has 122 valence electrons. The van der Waals surface area contributed by atoms with Gasteiger partial charge in [0.1, 0.15) is 0 Å². The zero-order valence-electron chi connectivity index (χ0n) is 14.2. The average molecular weight is 310 g/mol. The molecule has 4 aliphatic carbocycles. The third-order valence-corrected chi connectivity index (χ3v) is 7.43. The lowest BCUT2D eigenvalue weighted by Gasteiger charge is -2.59. The summed E-state index contributed by atoms with van der Waals surface area (Å²) in [6.07, 6.45) is 17.2. The number of unbranched alkanes of at least 4 members (excludes halogenated alkanes) is 3. The second-order valence-electron chi connectivity index (χ2n) is 8.36. The van der Waals surface area contributed by atoms with Crippen LogP contribution in [0.4, 0.5) is 0 Å². The van der Waals surface area contributed by atoms with Gasteiger partial charge in [-0.15, -0.1) is 0 Å². The summed E-state index contributed by atoms with van der Waals surface area (Å²) in [5, 5.41) is 3.93. The molecule has 0 saturated heterocycles. The van der Waals surface area contributed by atoms with Crippen molar-refractivity contribution in [3.8, 4) is 0 Å². The maximum Gasteiger partial charge on any atom is 0.00954 e. The van der Waals surface area contributed by atoms with Crippen molar-refractivity contribution in [3.05, 3.63) is 0 Å². The molecular weight excluding hydrogens is 274 g/mol. The van der Waals surface area contributed by atoms with Crippen LogP contribution in [0.15, 0.2) is 0 Å². The molecule has 0 radical (unpaired) electrons. The Morgan fingerprint density at radius 1 is 0.952 bits per heavy atom. The molecule has 4 aliphatic rings. The highest BCUT2D eigenvalue weighted by Gasteiger charge is 2.52. The third-order valence-electron chi connectivity index (χ3n) is 6.73. The number of nitrogens with one attached hydrogen (secondary N) is 1. The number of hydrogen-bond donors (Lipinski definition) is 1. The summed E-state index contributed by atoms with van der Waals surface area (Å²) in [4.78, 5) is 0. The molecule has 0 heterocycles. The SMILES string of the molecule is CSCCCCCCNC(C)C12CC3CC(CC(C3)C1)C2. The van der Waals surface area contributed by atoms with E-state index in [9.17, 15) is 0 Å². The van der Waals surface area contributed by atoms with Gasteiger partial charge in [0.15, 0.2) is 0 Å². The zero-order valence-corrected chi connectivity index (χ0v) is 15.0. The number of rotatable bonds is 9. The fourth-order valence-corrected chi connectivity index (χ4v) is 6.46. The normalized spacial score (nSPS) is 38.9. The summed E-state index contributed by atoms with van der Waals surface area (Å²) in [5.41, 5.74) is 0.688. The highest BCUT2D eigenvalue weighted by atomic mass is 32.2. The molecule has 1 nitrogen and oxygen atoms in total. The molecular formula is C19H35NS. The van der Waals surface area contributed by atoms with E-state index >= 15 is 0 Å². The fourth-order valence-electron chi connectivity index (χ4n) is 5.97. The van der Waals surface area contributed by atoms with Crippen molar-refractivity contribution in [3.63, 3.8) is 0 Å². The highest BCUT2D eigenvalue weighted by Crippen LogP contribution is 2.61. The Morgan fingerprint density at radius 2 is 1.52 bits per heavy atom. The molecule has 1 unspecified atom stereocenters. The van der Waals surface area contributed by atoms with Crippen molar-refractivity contribution >= 4 is 11.8 Å². The maximum absolute atomic E-state index is 3.93. The molecule has 0 spiro atoms. The van der Waals surface area contributed by atoms with Crippen molar-refractivity contribution < 1.29 is 0 Å². The van der Waals surface area contributed by atoms with E-state index in [0.29, 0.717) is 5.41 Å². The van der Waals surface area contributed by atoms with Gasteiger partial charge in [0.25, 0.3) is 0 Å². The second-order valence-corrected chi connectivity index (χ2v) is 9.35. The van der Waals surface area contributed by atoms with E-state index in [1.807, 2.05) is 11.8 Å². The molecule has 0 amide bonds. The molecule has 0 aromatic rings. The van der Waals surface area contributed by atoms with Crippen LogP contribution in [-0.4, -0.2) is 24.6 Å². The first-order valence-corrected chi connectivity index (χ1v) is 10.8. The Bertz CT molecular complexity index is 292. The first-order chi connectivity index (χ1) is 10.2. The highest BCUT2D eigenvalue weighted by molar-refractivity contribution is 7.98. The molecule has 4 rings (SSSR count). The molecule has 1 N–H and O–H groups in total. The van der Waals surface area contributed by atoms with E-state index in [1.165, 1.54) is 38.0 Å². The summed E-state index contributed by atoms with van der Waals surface area (Å²) in [6, 6.07) is 0.761. The van der Waals surface area contributed by atoms with Crippen molar-refractivity contribution in [1.82, 2.24) is 5.32 Å². The summed E-state index contributed by atoms with van der Waals surface area (Å²) in [6.45, 7) is 3.75. The Hall–Kier alpha value is 0.310. The lowest BCUT2D eigenvalue weighted by Crippen LogP contribution is -2.54. The van der Waals surface area contributed by atoms with Gasteiger partial charge in [-0.3, -0.25) is 0 Å². The lowest BCUT2D eigenvalue weighted by molar-refractivity contribution is -0.0703. The Morgan fingerprint density at radius 3 is 2.10 bits per heavy atom. The minimum atomic E-state index is 0.688. The Kier molecular flexibility index (Phi) is 5.59. The van der Waals surface area contributed by atoms with E-state index in [0.717, 1.165) is 23.8 Å². The predicted octanol–water partition coefficient (Wildman–Crippen LogP) is 5.10. The second kappa shape index (κ2) is 7.25. The monoisotopic (exact) mass is 309 g/mol. The van der Waals surface area contributed by atoms with E-state index < -0.39 is 0 Å².